The highest BCUT2D eigenvalue weighted by atomic mass is 32.1. The second-order valence-corrected chi connectivity index (χ2v) is 4.31. The zero-order valence-electron chi connectivity index (χ0n) is 8.01. The number of hydrogen-bond donors (Lipinski definition) is 1. The maximum absolute atomic E-state index is 10.5. The summed E-state index contributed by atoms with van der Waals surface area (Å²) in [4.78, 5) is 14.4. The summed E-state index contributed by atoms with van der Waals surface area (Å²) in [5.41, 5.74) is 6.39. The largest absolute Gasteiger partial charge is 0.322 e. The number of nitrogens with two attached hydrogens (primary N) is 1. The van der Waals surface area contributed by atoms with E-state index >= 15 is 0 Å². The third kappa shape index (κ3) is 1.81. The van der Waals surface area contributed by atoms with Crippen molar-refractivity contribution in [3.8, 4) is 0 Å². The lowest BCUT2D eigenvalue weighted by Crippen LogP contribution is -2.03. The molecular weight excluding hydrogens is 214 g/mol. The van der Waals surface area contributed by atoms with E-state index in [1.165, 1.54) is 23.5 Å². The second-order valence-electron chi connectivity index (χ2n) is 3.25. The molecule has 0 fully saturated rings. The molecule has 0 aliphatic carbocycles. The number of rotatable bonds is 2. The minimum Gasteiger partial charge on any atom is -0.322 e. The smallest absolute Gasteiger partial charge is 0.271 e. The number of aromatic nitrogens is 1. The molecule has 1 heterocycles. The van der Waals surface area contributed by atoms with Gasteiger partial charge < -0.3 is 5.73 Å². The predicted octanol–water partition coefficient (Wildman–Crippen LogP) is 2.22. The number of benzene rings is 1. The molecule has 0 unspecified atom stereocenters. The molecule has 2 rings (SSSR count). The van der Waals surface area contributed by atoms with Gasteiger partial charge in [-0.2, -0.15) is 0 Å². The molecule has 1 aromatic carbocycles. The normalized spacial score (nSPS) is 12.9. The van der Waals surface area contributed by atoms with Gasteiger partial charge in [-0.05, 0) is 13.0 Å². The van der Waals surface area contributed by atoms with Crippen LogP contribution in [-0.2, 0) is 0 Å². The van der Waals surface area contributed by atoms with Crippen LogP contribution in [-0.4, -0.2) is 9.91 Å². The third-order valence-corrected chi connectivity index (χ3v) is 3.23. The fourth-order valence-corrected chi connectivity index (χ4v) is 2.14. The van der Waals surface area contributed by atoms with Crippen LogP contribution in [0.3, 0.4) is 0 Å². The molecule has 78 valence electrons. The van der Waals surface area contributed by atoms with Gasteiger partial charge in [0, 0.05) is 12.1 Å². The first-order valence-electron chi connectivity index (χ1n) is 4.38. The summed E-state index contributed by atoms with van der Waals surface area (Å²) in [6.07, 6.45) is 0. The lowest BCUT2D eigenvalue weighted by molar-refractivity contribution is -0.384. The summed E-state index contributed by atoms with van der Waals surface area (Å²) in [5, 5.41) is 11.3. The van der Waals surface area contributed by atoms with Crippen LogP contribution >= 0.6 is 11.3 Å². The van der Waals surface area contributed by atoms with Crippen molar-refractivity contribution < 1.29 is 4.92 Å². The molecule has 0 bridgehead atoms. The van der Waals surface area contributed by atoms with Crippen LogP contribution < -0.4 is 5.73 Å². The van der Waals surface area contributed by atoms with E-state index in [0.29, 0.717) is 5.52 Å². The summed E-state index contributed by atoms with van der Waals surface area (Å²) in [5.74, 6) is 0. The van der Waals surface area contributed by atoms with Crippen LogP contribution in [0.4, 0.5) is 5.69 Å². The summed E-state index contributed by atoms with van der Waals surface area (Å²) < 4.78 is 0.924. The van der Waals surface area contributed by atoms with Crippen molar-refractivity contribution >= 4 is 27.2 Å². The Morgan fingerprint density at radius 1 is 1.60 bits per heavy atom. The predicted molar refractivity (Wildman–Crippen MR) is 58.9 cm³/mol. The first kappa shape index (κ1) is 10.0. The van der Waals surface area contributed by atoms with Gasteiger partial charge in [0.05, 0.1) is 21.2 Å². The van der Waals surface area contributed by atoms with Gasteiger partial charge >= 0.3 is 0 Å². The van der Waals surface area contributed by atoms with E-state index in [9.17, 15) is 10.1 Å². The van der Waals surface area contributed by atoms with Gasteiger partial charge in [-0.3, -0.25) is 10.1 Å². The van der Waals surface area contributed by atoms with E-state index in [1.54, 1.807) is 6.07 Å². The van der Waals surface area contributed by atoms with E-state index in [1.807, 2.05) is 6.92 Å². The molecule has 5 nitrogen and oxygen atoms in total. The van der Waals surface area contributed by atoms with Crippen LogP contribution in [0.1, 0.15) is 18.0 Å². The first-order chi connectivity index (χ1) is 7.08. The van der Waals surface area contributed by atoms with Gasteiger partial charge in [0.2, 0.25) is 0 Å². The van der Waals surface area contributed by atoms with Crippen molar-refractivity contribution in [3.63, 3.8) is 0 Å². The van der Waals surface area contributed by atoms with Crippen LogP contribution in [0.15, 0.2) is 18.2 Å². The monoisotopic (exact) mass is 223 g/mol. The highest BCUT2D eigenvalue weighted by Crippen LogP contribution is 2.28. The molecule has 0 spiro atoms. The van der Waals surface area contributed by atoms with Gasteiger partial charge in [0.15, 0.2) is 0 Å². The Kier molecular flexibility index (Phi) is 2.37. The molecule has 2 N–H and O–H groups in total. The van der Waals surface area contributed by atoms with E-state index < -0.39 is 4.92 Å². The molecule has 1 atom stereocenters. The fourth-order valence-electron chi connectivity index (χ4n) is 1.24. The van der Waals surface area contributed by atoms with Gasteiger partial charge in [0.1, 0.15) is 5.01 Å². The molecule has 0 saturated heterocycles. The Morgan fingerprint density at radius 2 is 2.33 bits per heavy atom. The molecule has 0 saturated carbocycles. The molecular formula is C9H9N3O2S. The minimum absolute atomic E-state index is 0.0593. The van der Waals surface area contributed by atoms with Crippen LogP contribution in [0.5, 0.6) is 0 Å². The maximum Gasteiger partial charge on any atom is 0.271 e. The summed E-state index contributed by atoms with van der Waals surface area (Å²) in [6.45, 7) is 1.84. The lowest BCUT2D eigenvalue weighted by Gasteiger charge is -1.95. The standard InChI is InChI=1S/C9H9N3O2S/c1-5(10)9-11-7-4-6(12(13)14)2-3-8(7)15-9/h2-5H,10H2,1H3/t5-/m1/s1. The summed E-state index contributed by atoms with van der Waals surface area (Å²) in [6, 6.07) is 4.52. The van der Waals surface area contributed by atoms with Gasteiger partial charge in [-0.15, -0.1) is 11.3 Å². The average Bonchev–Trinajstić information content (AvgIpc) is 2.59. The molecule has 2 aromatic rings. The molecule has 6 heteroatoms. The van der Waals surface area contributed by atoms with Crippen molar-refractivity contribution in [1.82, 2.24) is 4.98 Å². The molecule has 0 aliphatic rings. The number of fused-ring (bicyclic) bond motifs is 1. The Hall–Kier alpha value is -1.53. The summed E-state index contributed by atoms with van der Waals surface area (Å²) in [7, 11) is 0. The summed E-state index contributed by atoms with van der Waals surface area (Å²) >= 11 is 1.47. The fraction of sp³-hybridized carbons (Fsp3) is 0.222. The van der Waals surface area contributed by atoms with Gasteiger partial charge in [-0.25, -0.2) is 4.98 Å². The van der Waals surface area contributed by atoms with Crippen molar-refractivity contribution in [2.75, 3.05) is 0 Å². The molecule has 0 amide bonds. The Morgan fingerprint density at radius 3 is 2.93 bits per heavy atom. The zero-order valence-corrected chi connectivity index (χ0v) is 8.82. The maximum atomic E-state index is 10.5. The topological polar surface area (TPSA) is 82.0 Å². The van der Waals surface area contributed by atoms with Gasteiger partial charge in [-0.1, -0.05) is 0 Å². The third-order valence-electron chi connectivity index (χ3n) is 1.99. The number of hydrogen-bond acceptors (Lipinski definition) is 5. The first-order valence-corrected chi connectivity index (χ1v) is 5.20. The number of nitro groups is 1. The van der Waals surface area contributed by atoms with Crippen molar-refractivity contribution in [2.45, 2.75) is 13.0 Å². The molecule has 0 aliphatic heterocycles. The van der Waals surface area contributed by atoms with E-state index in [0.717, 1.165) is 9.71 Å². The van der Waals surface area contributed by atoms with E-state index in [-0.39, 0.29) is 11.7 Å². The van der Waals surface area contributed by atoms with Gasteiger partial charge in [0.25, 0.3) is 5.69 Å². The Bertz CT molecular complexity index is 521. The SMILES string of the molecule is C[C@@H](N)c1nc2cc([N+](=O)[O-])ccc2s1. The second kappa shape index (κ2) is 3.56. The van der Waals surface area contributed by atoms with Crippen molar-refractivity contribution in [2.24, 2.45) is 5.73 Å². The Balaban J connectivity index is 2.57. The quantitative estimate of drug-likeness (QED) is 0.625. The van der Waals surface area contributed by atoms with Crippen LogP contribution in [0.25, 0.3) is 10.2 Å². The number of non-ortho nitro benzene ring substituents is 1. The zero-order chi connectivity index (χ0) is 11.0. The van der Waals surface area contributed by atoms with E-state index in [4.69, 9.17) is 5.73 Å². The minimum atomic E-state index is -0.426. The van der Waals surface area contributed by atoms with Crippen LogP contribution in [0.2, 0.25) is 0 Å². The van der Waals surface area contributed by atoms with Crippen molar-refractivity contribution in [3.05, 3.63) is 33.3 Å². The highest BCUT2D eigenvalue weighted by molar-refractivity contribution is 7.18. The molecule has 1 aromatic heterocycles. The average molecular weight is 223 g/mol. The molecule has 15 heavy (non-hydrogen) atoms. The lowest BCUT2D eigenvalue weighted by atomic mass is 10.3. The number of nitrogens with zero attached hydrogens (tertiary/aromatic N) is 2. The molecule has 0 radical (unpaired) electrons. The highest BCUT2D eigenvalue weighted by Gasteiger charge is 2.11. The number of thiazole rings is 1. The van der Waals surface area contributed by atoms with Crippen LogP contribution in [0, 0.1) is 10.1 Å². The Labute approximate surface area is 89.7 Å². The van der Waals surface area contributed by atoms with Crippen molar-refractivity contribution in [1.29, 1.82) is 0 Å². The number of nitro benzene ring substituents is 1. The van der Waals surface area contributed by atoms with E-state index in [2.05, 4.69) is 4.98 Å².